The van der Waals surface area contributed by atoms with Crippen LogP contribution in [0.2, 0.25) is 0 Å². The van der Waals surface area contributed by atoms with Crippen molar-refractivity contribution < 1.29 is 19.1 Å². The largest absolute Gasteiger partial charge is 0.497 e. The summed E-state index contributed by atoms with van der Waals surface area (Å²) in [6.07, 6.45) is 2.45. The van der Waals surface area contributed by atoms with E-state index in [1.54, 1.807) is 31.4 Å². The first-order valence-corrected chi connectivity index (χ1v) is 9.34. The number of carbonyl (C=O) groups is 2. The molecule has 0 aromatic heterocycles. The zero-order chi connectivity index (χ0) is 18.9. The Hall–Kier alpha value is -2.08. The van der Waals surface area contributed by atoms with Gasteiger partial charge in [-0.2, -0.15) is 0 Å². The number of benzene rings is 1. The zero-order valence-corrected chi connectivity index (χ0v) is 16.0. The molecule has 1 fully saturated rings. The Morgan fingerprint density at radius 1 is 1.19 bits per heavy atom. The first-order chi connectivity index (χ1) is 12.5. The van der Waals surface area contributed by atoms with Gasteiger partial charge >= 0.3 is 0 Å². The molecule has 0 saturated carbocycles. The number of carbonyl (C=O) groups excluding carboxylic acids is 2. The molecule has 2 rings (SSSR count). The summed E-state index contributed by atoms with van der Waals surface area (Å²) in [4.78, 5) is 26.6. The van der Waals surface area contributed by atoms with Crippen LogP contribution >= 0.6 is 0 Å². The number of nitrogens with zero attached hydrogens (tertiary/aromatic N) is 1. The van der Waals surface area contributed by atoms with E-state index in [1.807, 2.05) is 18.7 Å². The first kappa shape index (κ1) is 20.2. The van der Waals surface area contributed by atoms with Crippen molar-refractivity contribution in [2.24, 2.45) is 5.92 Å². The Morgan fingerprint density at radius 3 is 2.42 bits per heavy atom. The average Bonchev–Trinajstić information content (AvgIpc) is 2.67. The van der Waals surface area contributed by atoms with Crippen LogP contribution in [0.1, 0.15) is 43.5 Å². The fraction of sp³-hybridized carbons (Fsp3) is 0.600. The van der Waals surface area contributed by atoms with Gasteiger partial charge in [-0.25, -0.2) is 0 Å². The molecule has 1 aliphatic rings. The minimum Gasteiger partial charge on any atom is -0.497 e. The van der Waals surface area contributed by atoms with Gasteiger partial charge in [-0.1, -0.05) is 0 Å². The van der Waals surface area contributed by atoms with Gasteiger partial charge in [0.2, 0.25) is 5.91 Å². The van der Waals surface area contributed by atoms with Crippen LogP contribution in [0.5, 0.6) is 5.75 Å². The third kappa shape index (κ3) is 6.02. The molecule has 0 radical (unpaired) electrons. The Balaban J connectivity index is 1.72. The molecule has 0 unspecified atom stereocenters. The van der Waals surface area contributed by atoms with Crippen molar-refractivity contribution >= 4 is 11.8 Å². The molecule has 0 spiro atoms. The molecule has 0 bridgehead atoms. The van der Waals surface area contributed by atoms with Crippen LogP contribution in [0.3, 0.4) is 0 Å². The maximum absolute atomic E-state index is 12.5. The van der Waals surface area contributed by atoms with E-state index in [9.17, 15) is 9.59 Å². The van der Waals surface area contributed by atoms with E-state index < -0.39 is 0 Å². The highest BCUT2D eigenvalue weighted by Gasteiger charge is 2.27. The molecule has 1 aromatic rings. The van der Waals surface area contributed by atoms with Gasteiger partial charge in [0.25, 0.3) is 5.91 Å². The van der Waals surface area contributed by atoms with E-state index in [1.165, 1.54) is 0 Å². The third-order valence-electron chi connectivity index (χ3n) is 4.56. The highest BCUT2D eigenvalue weighted by Crippen LogP contribution is 2.20. The van der Waals surface area contributed by atoms with Crippen LogP contribution in [0.4, 0.5) is 0 Å². The van der Waals surface area contributed by atoms with Crippen molar-refractivity contribution in [2.75, 3.05) is 33.4 Å². The summed E-state index contributed by atoms with van der Waals surface area (Å²) in [7, 11) is 1.60. The summed E-state index contributed by atoms with van der Waals surface area (Å²) >= 11 is 0. The highest BCUT2D eigenvalue weighted by molar-refractivity contribution is 5.94. The van der Waals surface area contributed by atoms with Gasteiger partial charge in [0.05, 0.1) is 13.2 Å². The fourth-order valence-corrected chi connectivity index (χ4v) is 3.01. The van der Waals surface area contributed by atoms with Gasteiger partial charge in [-0.3, -0.25) is 9.59 Å². The van der Waals surface area contributed by atoms with Crippen LogP contribution in [0.15, 0.2) is 24.3 Å². The van der Waals surface area contributed by atoms with Crippen molar-refractivity contribution in [1.82, 2.24) is 10.2 Å². The molecular formula is C20H30N2O4. The van der Waals surface area contributed by atoms with Crippen molar-refractivity contribution in [1.29, 1.82) is 0 Å². The molecular weight excluding hydrogens is 332 g/mol. The standard InChI is InChI=1S/C20H30N2O4/c1-15(2)26-14-4-11-21-19(23)16-9-12-22(13-10-16)20(24)17-5-7-18(25-3)8-6-17/h5-8,15-16H,4,9-14H2,1-3H3,(H,21,23). The summed E-state index contributed by atoms with van der Waals surface area (Å²) in [5.41, 5.74) is 0.652. The van der Waals surface area contributed by atoms with E-state index >= 15 is 0 Å². The third-order valence-corrected chi connectivity index (χ3v) is 4.56. The predicted octanol–water partition coefficient (Wildman–Crippen LogP) is 2.48. The van der Waals surface area contributed by atoms with E-state index in [-0.39, 0.29) is 23.8 Å². The second-order valence-electron chi connectivity index (χ2n) is 6.86. The number of amides is 2. The monoisotopic (exact) mass is 362 g/mol. The molecule has 1 saturated heterocycles. The van der Waals surface area contributed by atoms with Crippen LogP contribution in [-0.2, 0) is 9.53 Å². The molecule has 0 atom stereocenters. The van der Waals surface area contributed by atoms with Crippen LogP contribution in [-0.4, -0.2) is 56.2 Å². The molecule has 1 aliphatic heterocycles. The lowest BCUT2D eigenvalue weighted by atomic mass is 9.95. The van der Waals surface area contributed by atoms with E-state index in [4.69, 9.17) is 9.47 Å². The van der Waals surface area contributed by atoms with E-state index in [0.29, 0.717) is 44.6 Å². The van der Waals surface area contributed by atoms with Crippen LogP contribution in [0.25, 0.3) is 0 Å². The van der Waals surface area contributed by atoms with Crippen LogP contribution < -0.4 is 10.1 Å². The second kappa shape index (κ2) is 10.2. The minimum atomic E-state index is -0.0130. The smallest absolute Gasteiger partial charge is 0.253 e. The van der Waals surface area contributed by atoms with Gasteiger partial charge in [-0.15, -0.1) is 0 Å². The molecule has 6 nitrogen and oxygen atoms in total. The number of hydrogen-bond donors (Lipinski definition) is 1. The van der Waals surface area contributed by atoms with E-state index in [0.717, 1.165) is 12.2 Å². The number of rotatable bonds is 8. The summed E-state index contributed by atoms with van der Waals surface area (Å²) in [5.74, 6) is 0.820. The lowest BCUT2D eigenvalue weighted by Crippen LogP contribution is -2.43. The zero-order valence-electron chi connectivity index (χ0n) is 16.0. The Bertz CT molecular complexity index is 578. The molecule has 1 heterocycles. The van der Waals surface area contributed by atoms with Gasteiger partial charge in [0, 0.05) is 37.7 Å². The predicted molar refractivity (Wildman–Crippen MR) is 100 cm³/mol. The number of nitrogens with one attached hydrogen (secondary N) is 1. The summed E-state index contributed by atoms with van der Waals surface area (Å²) in [6.45, 7) is 6.52. The van der Waals surface area contributed by atoms with E-state index in [2.05, 4.69) is 5.32 Å². The Kier molecular flexibility index (Phi) is 7.91. The number of hydrogen-bond acceptors (Lipinski definition) is 4. The second-order valence-corrected chi connectivity index (χ2v) is 6.86. The molecule has 26 heavy (non-hydrogen) atoms. The lowest BCUT2D eigenvalue weighted by molar-refractivity contribution is -0.126. The molecule has 0 aliphatic carbocycles. The van der Waals surface area contributed by atoms with Gasteiger partial charge in [0.1, 0.15) is 5.75 Å². The Morgan fingerprint density at radius 2 is 1.85 bits per heavy atom. The maximum Gasteiger partial charge on any atom is 0.253 e. The molecule has 144 valence electrons. The quantitative estimate of drug-likeness (QED) is 0.722. The Labute approximate surface area is 155 Å². The van der Waals surface area contributed by atoms with Crippen LogP contribution in [0, 0.1) is 5.92 Å². The minimum absolute atomic E-state index is 0.0114. The molecule has 2 amide bonds. The molecule has 6 heteroatoms. The number of likely N-dealkylation sites (tertiary alicyclic amines) is 1. The van der Waals surface area contributed by atoms with Gasteiger partial charge in [0.15, 0.2) is 0 Å². The SMILES string of the molecule is COc1ccc(C(=O)N2CCC(C(=O)NCCCOC(C)C)CC2)cc1. The van der Waals surface area contributed by atoms with Crippen molar-refractivity contribution in [2.45, 2.75) is 39.2 Å². The lowest BCUT2D eigenvalue weighted by Gasteiger charge is -2.31. The summed E-state index contributed by atoms with van der Waals surface area (Å²) in [6, 6.07) is 7.13. The topological polar surface area (TPSA) is 67.9 Å². The van der Waals surface area contributed by atoms with Crippen molar-refractivity contribution in [3.63, 3.8) is 0 Å². The molecule has 1 aromatic carbocycles. The van der Waals surface area contributed by atoms with Gasteiger partial charge in [-0.05, 0) is 57.4 Å². The maximum atomic E-state index is 12.5. The normalized spacial score (nSPS) is 15.2. The average molecular weight is 362 g/mol. The molecule has 1 N–H and O–H groups in total. The first-order valence-electron chi connectivity index (χ1n) is 9.34. The van der Waals surface area contributed by atoms with Gasteiger partial charge < -0.3 is 19.7 Å². The summed E-state index contributed by atoms with van der Waals surface area (Å²) < 4.78 is 10.6. The van der Waals surface area contributed by atoms with Crippen molar-refractivity contribution in [3.05, 3.63) is 29.8 Å². The van der Waals surface area contributed by atoms with Crippen molar-refractivity contribution in [3.8, 4) is 5.75 Å². The number of methoxy groups -OCH3 is 1. The summed E-state index contributed by atoms with van der Waals surface area (Å²) in [5, 5.41) is 2.98. The highest BCUT2D eigenvalue weighted by atomic mass is 16.5. The fourth-order valence-electron chi connectivity index (χ4n) is 3.01. The number of ether oxygens (including phenoxy) is 2. The number of piperidine rings is 1.